The van der Waals surface area contributed by atoms with Crippen molar-refractivity contribution in [3.8, 4) is 6.01 Å². The van der Waals surface area contributed by atoms with Crippen molar-refractivity contribution in [3.05, 3.63) is 10.5 Å². The average molecular weight is 340 g/mol. The Morgan fingerprint density at radius 1 is 1.39 bits per heavy atom. The second kappa shape index (κ2) is 8.44. The molecule has 0 bridgehead atoms. The molecule has 23 heavy (non-hydrogen) atoms. The standard InChI is InChI=1S/C13H20N6O3S/c1-21-6-7-22-12-17-10(14)9-11(18-12)19(13(20)16-9)5-3-2-4-15-8-23/h8H,2-7H2,1H3,(H,15,23)(H,16,20)(H2,14,17,18). The molecular formula is C13H20N6O3S. The van der Waals surface area contributed by atoms with Crippen LogP contribution < -0.4 is 21.5 Å². The number of thiocarbonyl (C=S) groups is 1. The molecule has 126 valence electrons. The van der Waals surface area contributed by atoms with Gasteiger partial charge in [0.15, 0.2) is 11.5 Å². The van der Waals surface area contributed by atoms with Crippen molar-refractivity contribution < 1.29 is 9.47 Å². The lowest BCUT2D eigenvalue weighted by Crippen LogP contribution is -2.18. The number of unbranched alkanes of at least 4 members (excludes halogenated alkanes) is 1. The first-order chi connectivity index (χ1) is 11.2. The van der Waals surface area contributed by atoms with Gasteiger partial charge in [0.05, 0.1) is 12.1 Å². The Morgan fingerprint density at radius 2 is 2.22 bits per heavy atom. The first-order valence-electron chi connectivity index (χ1n) is 7.22. The number of hydrogen-bond acceptors (Lipinski definition) is 7. The number of methoxy groups -OCH3 is 1. The van der Waals surface area contributed by atoms with Crippen molar-refractivity contribution in [3.63, 3.8) is 0 Å². The van der Waals surface area contributed by atoms with Gasteiger partial charge in [-0.25, -0.2) is 4.79 Å². The quantitative estimate of drug-likeness (QED) is 0.410. The molecule has 0 amide bonds. The maximum absolute atomic E-state index is 12.1. The van der Waals surface area contributed by atoms with Crippen LogP contribution in [0.3, 0.4) is 0 Å². The second-order valence-corrected chi connectivity index (χ2v) is 5.03. The van der Waals surface area contributed by atoms with E-state index in [-0.39, 0.29) is 17.5 Å². The Balaban J connectivity index is 2.17. The van der Waals surface area contributed by atoms with Crippen LogP contribution in [-0.4, -0.2) is 51.9 Å². The van der Waals surface area contributed by atoms with E-state index in [1.54, 1.807) is 7.11 Å². The minimum Gasteiger partial charge on any atom is -0.461 e. The number of aryl methyl sites for hydroxylation is 1. The fourth-order valence-corrected chi connectivity index (χ4v) is 2.19. The summed E-state index contributed by atoms with van der Waals surface area (Å²) in [5, 5.41) is 2.94. The number of H-pyrrole nitrogens is 1. The highest BCUT2D eigenvalue weighted by Crippen LogP contribution is 2.17. The molecule has 2 heterocycles. The van der Waals surface area contributed by atoms with Gasteiger partial charge < -0.3 is 25.5 Å². The van der Waals surface area contributed by atoms with Crippen LogP contribution in [0.2, 0.25) is 0 Å². The minimum atomic E-state index is -0.266. The molecule has 10 heteroatoms. The molecule has 2 aromatic rings. The lowest BCUT2D eigenvalue weighted by Gasteiger charge is -2.06. The highest BCUT2D eigenvalue weighted by molar-refractivity contribution is 7.78. The van der Waals surface area contributed by atoms with Gasteiger partial charge in [0.2, 0.25) is 0 Å². The number of nitrogen functional groups attached to an aromatic ring is 1. The number of rotatable bonds is 10. The molecule has 0 saturated carbocycles. The third-order valence-corrected chi connectivity index (χ3v) is 3.35. The fraction of sp³-hybridized carbons (Fsp3) is 0.538. The van der Waals surface area contributed by atoms with Gasteiger partial charge in [-0.3, -0.25) is 4.57 Å². The predicted octanol–water partition coefficient (Wildman–Crippen LogP) is 0.0540. The van der Waals surface area contributed by atoms with Crippen molar-refractivity contribution in [1.82, 2.24) is 24.8 Å². The maximum Gasteiger partial charge on any atom is 0.327 e. The minimum absolute atomic E-state index is 0.127. The third kappa shape index (κ3) is 4.39. The SMILES string of the molecule is COCCOc1nc(N)c2[nH]c(=O)n(CCCCNC=S)c2n1. The van der Waals surface area contributed by atoms with E-state index in [1.165, 1.54) is 10.1 Å². The third-order valence-electron chi connectivity index (χ3n) is 3.18. The summed E-state index contributed by atoms with van der Waals surface area (Å²) in [7, 11) is 1.57. The van der Waals surface area contributed by atoms with E-state index in [0.29, 0.717) is 30.9 Å². The van der Waals surface area contributed by atoms with Gasteiger partial charge in [-0.05, 0) is 12.8 Å². The van der Waals surface area contributed by atoms with Crippen LogP contribution in [0, 0.1) is 0 Å². The Hall–Kier alpha value is -2.20. The number of nitrogens with one attached hydrogen (secondary N) is 2. The first-order valence-corrected chi connectivity index (χ1v) is 7.69. The maximum atomic E-state index is 12.1. The smallest absolute Gasteiger partial charge is 0.327 e. The molecule has 0 spiro atoms. The molecule has 2 rings (SSSR count). The van der Waals surface area contributed by atoms with E-state index in [1.807, 2.05) is 0 Å². The number of ether oxygens (including phenoxy) is 2. The Bertz CT molecular complexity index is 714. The van der Waals surface area contributed by atoms with Gasteiger partial charge in [-0.1, -0.05) is 12.2 Å². The van der Waals surface area contributed by atoms with E-state index in [0.717, 1.165) is 19.4 Å². The first kappa shape index (κ1) is 17.2. The topological polar surface area (TPSA) is 120 Å². The van der Waals surface area contributed by atoms with Gasteiger partial charge in [-0.15, -0.1) is 0 Å². The number of aromatic nitrogens is 4. The van der Waals surface area contributed by atoms with Gasteiger partial charge in [0.25, 0.3) is 0 Å². The van der Waals surface area contributed by atoms with Gasteiger partial charge in [0, 0.05) is 20.2 Å². The van der Waals surface area contributed by atoms with E-state index < -0.39 is 0 Å². The number of nitrogens with zero attached hydrogens (tertiary/aromatic N) is 3. The molecule has 0 fully saturated rings. The number of anilines is 1. The van der Waals surface area contributed by atoms with E-state index in [4.69, 9.17) is 15.2 Å². The van der Waals surface area contributed by atoms with Crippen molar-refractivity contribution in [2.75, 3.05) is 32.6 Å². The van der Waals surface area contributed by atoms with E-state index in [9.17, 15) is 4.79 Å². The zero-order chi connectivity index (χ0) is 16.7. The molecular weight excluding hydrogens is 320 g/mol. The summed E-state index contributed by atoms with van der Waals surface area (Å²) in [6.45, 7) is 2.00. The van der Waals surface area contributed by atoms with E-state index >= 15 is 0 Å². The Labute approximate surface area is 138 Å². The lowest BCUT2D eigenvalue weighted by atomic mass is 10.3. The Morgan fingerprint density at radius 3 is 2.96 bits per heavy atom. The average Bonchev–Trinajstić information content (AvgIpc) is 2.84. The van der Waals surface area contributed by atoms with Gasteiger partial charge in [-0.2, -0.15) is 9.97 Å². The monoisotopic (exact) mass is 340 g/mol. The summed E-state index contributed by atoms with van der Waals surface area (Å²) < 4.78 is 11.8. The van der Waals surface area contributed by atoms with Crippen molar-refractivity contribution in [2.45, 2.75) is 19.4 Å². The number of imidazole rings is 1. The molecule has 0 atom stereocenters. The van der Waals surface area contributed by atoms with Crippen molar-refractivity contribution in [2.24, 2.45) is 0 Å². The normalized spacial score (nSPS) is 10.8. The van der Waals surface area contributed by atoms with Crippen LogP contribution in [0.15, 0.2) is 4.79 Å². The summed E-state index contributed by atoms with van der Waals surface area (Å²) >= 11 is 4.69. The molecule has 4 N–H and O–H groups in total. The second-order valence-electron chi connectivity index (χ2n) is 4.79. The molecule has 0 radical (unpaired) electrons. The molecule has 0 saturated heterocycles. The lowest BCUT2D eigenvalue weighted by molar-refractivity contribution is 0.141. The summed E-state index contributed by atoms with van der Waals surface area (Å²) in [4.78, 5) is 23.0. The number of hydrogen-bond donors (Lipinski definition) is 3. The molecule has 0 aliphatic heterocycles. The molecule has 9 nitrogen and oxygen atoms in total. The summed E-state index contributed by atoms with van der Waals surface area (Å²) in [6.07, 6.45) is 1.68. The van der Waals surface area contributed by atoms with Crippen LogP contribution in [0.5, 0.6) is 6.01 Å². The highest BCUT2D eigenvalue weighted by Gasteiger charge is 2.14. The zero-order valence-corrected chi connectivity index (χ0v) is 13.7. The van der Waals surface area contributed by atoms with Crippen molar-refractivity contribution >= 4 is 34.7 Å². The number of fused-ring (bicyclic) bond motifs is 1. The van der Waals surface area contributed by atoms with Crippen molar-refractivity contribution in [1.29, 1.82) is 0 Å². The molecule has 0 aromatic carbocycles. The molecule has 0 unspecified atom stereocenters. The summed E-state index contributed by atoms with van der Waals surface area (Å²) in [6, 6.07) is 0.127. The predicted molar refractivity (Wildman–Crippen MR) is 90.8 cm³/mol. The van der Waals surface area contributed by atoms with Crippen LogP contribution in [-0.2, 0) is 11.3 Å². The Kier molecular flexibility index (Phi) is 6.29. The van der Waals surface area contributed by atoms with Crippen LogP contribution in [0.25, 0.3) is 11.2 Å². The van der Waals surface area contributed by atoms with Crippen LogP contribution in [0.4, 0.5) is 5.82 Å². The van der Waals surface area contributed by atoms with Crippen LogP contribution >= 0.6 is 12.2 Å². The van der Waals surface area contributed by atoms with Crippen LogP contribution in [0.1, 0.15) is 12.8 Å². The van der Waals surface area contributed by atoms with Gasteiger partial charge in [0.1, 0.15) is 12.1 Å². The molecule has 0 aliphatic carbocycles. The largest absolute Gasteiger partial charge is 0.461 e. The fourth-order valence-electron chi connectivity index (χ4n) is 2.08. The van der Waals surface area contributed by atoms with Gasteiger partial charge >= 0.3 is 11.7 Å². The summed E-state index contributed by atoms with van der Waals surface area (Å²) in [5.41, 5.74) is 7.95. The molecule has 0 aliphatic rings. The number of nitrogens with two attached hydrogens (primary N) is 1. The zero-order valence-electron chi connectivity index (χ0n) is 12.9. The molecule has 2 aromatic heterocycles. The highest BCUT2D eigenvalue weighted by atomic mass is 32.1. The van der Waals surface area contributed by atoms with E-state index in [2.05, 4.69) is 32.5 Å². The summed E-state index contributed by atoms with van der Waals surface area (Å²) in [5.74, 6) is 0.181. The number of aromatic amines is 1.